The largest absolute Gasteiger partial charge is 0.508 e. The second-order valence-corrected chi connectivity index (χ2v) is 11.7. The summed E-state index contributed by atoms with van der Waals surface area (Å²) in [5.41, 5.74) is 5.29. The van der Waals surface area contributed by atoms with Crippen LogP contribution in [0.25, 0.3) is 11.1 Å². The molecule has 0 radical (unpaired) electrons. The van der Waals surface area contributed by atoms with Crippen LogP contribution in [0.4, 0.5) is 0 Å². The number of hydrogen-bond acceptors (Lipinski definition) is 7. The molecule has 7 heteroatoms. The van der Waals surface area contributed by atoms with E-state index in [1.807, 2.05) is 43.3 Å². The van der Waals surface area contributed by atoms with Gasteiger partial charge < -0.3 is 29.4 Å². The van der Waals surface area contributed by atoms with Gasteiger partial charge in [-0.25, -0.2) is 0 Å². The lowest BCUT2D eigenvalue weighted by molar-refractivity contribution is -0.150. The van der Waals surface area contributed by atoms with Gasteiger partial charge in [0.25, 0.3) is 0 Å². The molecule has 2 aliphatic rings. The standard InChI is InChI=1S/C37H45NO6/c1-3-8-36(40)44-32(23-38-22-26-9-6-5-7-10-26)24-41-31-18-13-28(14-19-31)37(27-11-16-30(39)17-12-27)33(4-2)29-15-20-34-35(21-29)43-25-42-34/h11-21,26,32,38-39H,3-10,22-25H2,1-2H3/b37-33-. The normalized spacial score (nSPS) is 15.9. The third-order valence-corrected chi connectivity index (χ3v) is 8.39. The summed E-state index contributed by atoms with van der Waals surface area (Å²) in [4.78, 5) is 12.3. The number of fused-ring (bicyclic) bond motifs is 1. The van der Waals surface area contributed by atoms with Crippen LogP contribution in [-0.2, 0) is 9.53 Å². The van der Waals surface area contributed by atoms with Gasteiger partial charge >= 0.3 is 5.97 Å². The van der Waals surface area contributed by atoms with Gasteiger partial charge in [-0.2, -0.15) is 0 Å². The molecule has 1 atom stereocenters. The van der Waals surface area contributed by atoms with Gasteiger partial charge in [0, 0.05) is 13.0 Å². The third-order valence-electron chi connectivity index (χ3n) is 8.39. The van der Waals surface area contributed by atoms with E-state index in [2.05, 4.69) is 30.4 Å². The Morgan fingerprint density at radius 1 is 0.909 bits per heavy atom. The van der Waals surface area contributed by atoms with Gasteiger partial charge in [0.05, 0.1) is 0 Å². The number of hydrogen-bond donors (Lipinski definition) is 2. The maximum absolute atomic E-state index is 12.3. The van der Waals surface area contributed by atoms with Gasteiger partial charge in [0.2, 0.25) is 6.79 Å². The van der Waals surface area contributed by atoms with E-state index in [9.17, 15) is 9.90 Å². The minimum absolute atomic E-state index is 0.185. The zero-order valence-electron chi connectivity index (χ0n) is 26.0. The fraction of sp³-hybridized carbons (Fsp3) is 0.432. The Kier molecular flexibility index (Phi) is 11.2. The average molecular weight is 600 g/mol. The number of phenols is 1. The maximum atomic E-state index is 12.3. The van der Waals surface area contributed by atoms with Crippen molar-refractivity contribution in [3.05, 3.63) is 83.4 Å². The topological polar surface area (TPSA) is 86.3 Å². The molecule has 1 fully saturated rings. The SMILES string of the molecule is CCCC(=O)OC(CNCC1CCCCC1)COc1ccc(/C(=C(/CC)c2ccc3c(c2)OCO3)c2ccc(O)cc2)cc1. The van der Waals surface area contributed by atoms with Crippen LogP contribution in [0.1, 0.15) is 81.9 Å². The van der Waals surface area contributed by atoms with Crippen LogP contribution in [-0.4, -0.2) is 43.7 Å². The van der Waals surface area contributed by atoms with Gasteiger partial charge in [0.1, 0.15) is 24.2 Å². The van der Waals surface area contributed by atoms with Crippen molar-refractivity contribution in [2.24, 2.45) is 5.92 Å². The van der Waals surface area contributed by atoms with Crippen molar-refractivity contribution in [2.75, 3.05) is 26.5 Å². The van der Waals surface area contributed by atoms with Crippen LogP contribution in [0.15, 0.2) is 66.7 Å². The number of carbonyl (C=O) groups is 1. The van der Waals surface area contributed by atoms with Crippen LogP contribution in [0.3, 0.4) is 0 Å². The molecule has 0 saturated heterocycles. The summed E-state index contributed by atoms with van der Waals surface area (Å²) in [5, 5.41) is 13.5. The van der Waals surface area contributed by atoms with E-state index in [0.717, 1.165) is 58.7 Å². The van der Waals surface area contributed by atoms with Crippen molar-refractivity contribution in [2.45, 2.75) is 71.3 Å². The third kappa shape index (κ3) is 8.35. The fourth-order valence-electron chi connectivity index (χ4n) is 6.08. The van der Waals surface area contributed by atoms with E-state index < -0.39 is 0 Å². The Bertz CT molecular complexity index is 1390. The summed E-state index contributed by atoms with van der Waals surface area (Å²) < 4.78 is 23.2. The first-order valence-electron chi connectivity index (χ1n) is 16.1. The Labute approximate surface area is 261 Å². The van der Waals surface area contributed by atoms with Gasteiger partial charge in [-0.15, -0.1) is 0 Å². The van der Waals surface area contributed by atoms with Gasteiger partial charge in [-0.05, 0) is 102 Å². The lowest BCUT2D eigenvalue weighted by Crippen LogP contribution is -2.37. The van der Waals surface area contributed by atoms with Crippen molar-refractivity contribution in [1.82, 2.24) is 5.32 Å². The molecular formula is C37H45NO6. The lowest BCUT2D eigenvalue weighted by Gasteiger charge is -2.24. The Morgan fingerprint density at radius 3 is 2.30 bits per heavy atom. The number of esters is 1. The van der Waals surface area contributed by atoms with E-state index in [4.69, 9.17) is 18.9 Å². The molecule has 44 heavy (non-hydrogen) atoms. The Morgan fingerprint density at radius 2 is 1.59 bits per heavy atom. The first-order valence-corrected chi connectivity index (χ1v) is 16.1. The van der Waals surface area contributed by atoms with E-state index in [-0.39, 0.29) is 31.2 Å². The number of ether oxygens (including phenoxy) is 4. The number of nitrogens with one attached hydrogen (secondary N) is 1. The summed E-state index contributed by atoms with van der Waals surface area (Å²) >= 11 is 0. The molecule has 1 aliphatic heterocycles. The van der Waals surface area contributed by atoms with Crippen LogP contribution in [0.2, 0.25) is 0 Å². The molecule has 234 valence electrons. The molecule has 7 nitrogen and oxygen atoms in total. The molecule has 3 aromatic rings. The quantitative estimate of drug-likeness (QED) is 0.145. The van der Waals surface area contributed by atoms with Crippen molar-refractivity contribution >= 4 is 17.1 Å². The monoisotopic (exact) mass is 599 g/mol. The molecule has 5 rings (SSSR count). The number of phenolic OH excluding ortho intramolecular Hbond substituents is 1. The van der Waals surface area contributed by atoms with E-state index >= 15 is 0 Å². The minimum atomic E-state index is -0.359. The molecule has 1 saturated carbocycles. The Balaban J connectivity index is 1.33. The fourth-order valence-corrected chi connectivity index (χ4v) is 6.08. The van der Waals surface area contributed by atoms with Gasteiger partial charge in [-0.1, -0.05) is 63.4 Å². The molecule has 1 unspecified atom stereocenters. The van der Waals surface area contributed by atoms with Crippen LogP contribution in [0.5, 0.6) is 23.0 Å². The van der Waals surface area contributed by atoms with Crippen molar-refractivity contribution in [3.8, 4) is 23.0 Å². The molecule has 0 bridgehead atoms. The van der Waals surface area contributed by atoms with E-state index in [0.29, 0.717) is 24.6 Å². The second-order valence-electron chi connectivity index (χ2n) is 11.7. The zero-order valence-corrected chi connectivity index (χ0v) is 26.0. The van der Waals surface area contributed by atoms with Crippen LogP contribution < -0.4 is 19.5 Å². The first kappa shape index (κ1) is 31.5. The molecule has 1 aliphatic carbocycles. The first-order chi connectivity index (χ1) is 21.5. The summed E-state index contributed by atoms with van der Waals surface area (Å²) in [7, 11) is 0. The van der Waals surface area contributed by atoms with Crippen molar-refractivity contribution < 1.29 is 28.8 Å². The summed E-state index contributed by atoms with van der Waals surface area (Å²) in [6.45, 7) is 6.16. The highest BCUT2D eigenvalue weighted by atomic mass is 16.7. The Hall–Kier alpha value is -3.97. The predicted octanol–water partition coefficient (Wildman–Crippen LogP) is 7.75. The highest BCUT2D eigenvalue weighted by molar-refractivity contribution is 5.99. The van der Waals surface area contributed by atoms with E-state index in [1.54, 1.807) is 12.1 Å². The van der Waals surface area contributed by atoms with Crippen molar-refractivity contribution in [3.63, 3.8) is 0 Å². The van der Waals surface area contributed by atoms with E-state index in [1.165, 1.54) is 32.1 Å². The molecule has 2 N–H and O–H groups in total. The number of aromatic hydroxyl groups is 1. The van der Waals surface area contributed by atoms with Gasteiger partial charge in [0.15, 0.2) is 11.5 Å². The highest BCUT2D eigenvalue weighted by Gasteiger charge is 2.20. The molecule has 0 amide bonds. The highest BCUT2D eigenvalue weighted by Crippen LogP contribution is 2.40. The molecule has 3 aromatic carbocycles. The number of allylic oxidation sites excluding steroid dienone is 1. The lowest BCUT2D eigenvalue weighted by atomic mass is 9.88. The molecule has 1 heterocycles. The maximum Gasteiger partial charge on any atom is 0.306 e. The van der Waals surface area contributed by atoms with Crippen LogP contribution in [0, 0.1) is 5.92 Å². The summed E-state index contributed by atoms with van der Waals surface area (Å²) in [6, 6.07) is 21.4. The van der Waals surface area contributed by atoms with Crippen molar-refractivity contribution in [1.29, 1.82) is 0 Å². The van der Waals surface area contributed by atoms with Crippen LogP contribution >= 0.6 is 0 Å². The summed E-state index contributed by atoms with van der Waals surface area (Å²) in [6.07, 6.45) is 8.08. The number of benzene rings is 3. The predicted molar refractivity (Wildman–Crippen MR) is 173 cm³/mol. The minimum Gasteiger partial charge on any atom is -0.508 e. The zero-order chi connectivity index (χ0) is 30.7. The smallest absolute Gasteiger partial charge is 0.306 e. The average Bonchev–Trinajstić information content (AvgIpc) is 3.52. The number of carbonyl (C=O) groups excluding carboxylic acids is 1. The molecule has 0 aromatic heterocycles. The summed E-state index contributed by atoms with van der Waals surface area (Å²) in [5.74, 6) is 2.94. The number of rotatable bonds is 14. The second kappa shape index (κ2) is 15.7. The molecule has 0 spiro atoms. The molecular weight excluding hydrogens is 554 g/mol. The van der Waals surface area contributed by atoms with Gasteiger partial charge in [-0.3, -0.25) is 4.79 Å².